The van der Waals surface area contributed by atoms with Crippen LogP contribution in [-0.4, -0.2) is 41.8 Å². The molecule has 1 saturated heterocycles. The van der Waals surface area contributed by atoms with Gasteiger partial charge in [0.15, 0.2) is 0 Å². The van der Waals surface area contributed by atoms with E-state index in [1.807, 2.05) is 0 Å². The molecule has 100 valence electrons. The molecule has 0 radical (unpaired) electrons. The van der Waals surface area contributed by atoms with Crippen LogP contribution in [0.4, 0.5) is 0 Å². The number of nitrogens with zero attached hydrogens (tertiary/aromatic N) is 1. The first-order valence-corrected chi connectivity index (χ1v) is 6.82. The van der Waals surface area contributed by atoms with E-state index in [9.17, 15) is 5.11 Å². The molecular formula is C15H24N2O. The van der Waals surface area contributed by atoms with Crippen LogP contribution in [0, 0.1) is 6.92 Å². The number of hydrogen-bond donors (Lipinski definition) is 2. The van der Waals surface area contributed by atoms with Crippen LogP contribution in [0.15, 0.2) is 24.3 Å². The van der Waals surface area contributed by atoms with Crippen molar-refractivity contribution in [3.8, 4) is 0 Å². The van der Waals surface area contributed by atoms with Gasteiger partial charge in [0.25, 0.3) is 0 Å². The zero-order valence-electron chi connectivity index (χ0n) is 11.2. The molecule has 1 aliphatic rings. The SMILES string of the molecule is Cc1ccc(CCN2CCC(O)(CN)CC2)cc1. The Morgan fingerprint density at radius 3 is 2.39 bits per heavy atom. The summed E-state index contributed by atoms with van der Waals surface area (Å²) < 4.78 is 0. The van der Waals surface area contributed by atoms with E-state index < -0.39 is 5.60 Å². The number of aryl methyl sites for hydroxylation is 1. The lowest BCUT2D eigenvalue weighted by Gasteiger charge is -2.37. The summed E-state index contributed by atoms with van der Waals surface area (Å²) in [6, 6.07) is 8.74. The van der Waals surface area contributed by atoms with Gasteiger partial charge >= 0.3 is 0 Å². The Kier molecular flexibility index (Phi) is 4.38. The van der Waals surface area contributed by atoms with Gasteiger partial charge in [-0.05, 0) is 31.7 Å². The van der Waals surface area contributed by atoms with E-state index in [0.717, 1.165) is 38.9 Å². The van der Waals surface area contributed by atoms with Gasteiger partial charge < -0.3 is 15.7 Å². The van der Waals surface area contributed by atoms with E-state index in [1.165, 1.54) is 11.1 Å². The maximum Gasteiger partial charge on any atom is 0.0793 e. The third kappa shape index (κ3) is 3.55. The van der Waals surface area contributed by atoms with Gasteiger partial charge in [-0.15, -0.1) is 0 Å². The monoisotopic (exact) mass is 248 g/mol. The van der Waals surface area contributed by atoms with Crippen molar-refractivity contribution in [3.05, 3.63) is 35.4 Å². The Balaban J connectivity index is 1.77. The largest absolute Gasteiger partial charge is 0.388 e. The predicted octanol–water partition coefficient (Wildman–Crippen LogP) is 1.32. The number of nitrogens with two attached hydrogens (primary N) is 1. The van der Waals surface area contributed by atoms with E-state index in [4.69, 9.17) is 5.73 Å². The number of benzene rings is 1. The van der Waals surface area contributed by atoms with Gasteiger partial charge in [0.2, 0.25) is 0 Å². The van der Waals surface area contributed by atoms with Crippen LogP contribution in [0.1, 0.15) is 24.0 Å². The first-order chi connectivity index (χ1) is 8.61. The molecule has 2 rings (SSSR count). The molecule has 0 amide bonds. The average molecular weight is 248 g/mol. The molecule has 0 unspecified atom stereocenters. The highest BCUT2D eigenvalue weighted by Gasteiger charge is 2.30. The van der Waals surface area contributed by atoms with Crippen LogP contribution in [0.2, 0.25) is 0 Å². The standard InChI is InChI=1S/C15H24N2O/c1-13-2-4-14(5-3-13)6-9-17-10-7-15(18,12-16)8-11-17/h2-5,18H,6-12,16H2,1H3. The number of aliphatic hydroxyl groups is 1. The molecule has 3 heteroatoms. The molecule has 1 aromatic rings. The highest BCUT2D eigenvalue weighted by atomic mass is 16.3. The van der Waals surface area contributed by atoms with Gasteiger partial charge in [-0.1, -0.05) is 29.8 Å². The zero-order chi connectivity index (χ0) is 13.0. The van der Waals surface area contributed by atoms with Crippen molar-refractivity contribution in [2.75, 3.05) is 26.2 Å². The quantitative estimate of drug-likeness (QED) is 0.845. The van der Waals surface area contributed by atoms with E-state index in [-0.39, 0.29) is 0 Å². The van der Waals surface area contributed by atoms with Crippen molar-refractivity contribution in [1.29, 1.82) is 0 Å². The first-order valence-electron chi connectivity index (χ1n) is 6.82. The fourth-order valence-electron chi connectivity index (χ4n) is 2.44. The normalized spacial score (nSPS) is 19.9. The summed E-state index contributed by atoms with van der Waals surface area (Å²) >= 11 is 0. The molecule has 1 aliphatic heterocycles. The first kappa shape index (κ1) is 13.5. The van der Waals surface area contributed by atoms with Crippen LogP contribution in [-0.2, 0) is 6.42 Å². The van der Waals surface area contributed by atoms with Gasteiger partial charge in [0, 0.05) is 26.2 Å². The maximum absolute atomic E-state index is 10.1. The fourth-order valence-corrected chi connectivity index (χ4v) is 2.44. The lowest BCUT2D eigenvalue weighted by atomic mass is 9.91. The minimum atomic E-state index is -0.611. The second kappa shape index (κ2) is 5.83. The molecular weight excluding hydrogens is 224 g/mol. The Morgan fingerprint density at radius 2 is 1.83 bits per heavy atom. The van der Waals surface area contributed by atoms with Crippen molar-refractivity contribution < 1.29 is 5.11 Å². The zero-order valence-corrected chi connectivity index (χ0v) is 11.2. The van der Waals surface area contributed by atoms with Gasteiger partial charge in [-0.3, -0.25) is 0 Å². The molecule has 18 heavy (non-hydrogen) atoms. The molecule has 1 heterocycles. The Hall–Kier alpha value is -0.900. The lowest BCUT2D eigenvalue weighted by Crippen LogP contribution is -2.49. The fraction of sp³-hybridized carbons (Fsp3) is 0.600. The van der Waals surface area contributed by atoms with Gasteiger partial charge in [-0.25, -0.2) is 0 Å². The summed E-state index contributed by atoms with van der Waals surface area (Å²) in [7, 11) is 0. The van der Waals surface area contributed by atoms with Gasteiger partial charge in [0.05, 0.1) is 5.60 Å². The molecule has 0 bridgehead atoms. The topological polar surface area (TPSA) is 49.5 Å². The third-order valence-electron chi connectivity index (χ3n) is 4.00. The van der Waals surface area contributed by atoms with Crippen LogP contribution < -0.4 is 5.73 Å². The molecule has 3 nitrogen and oxygen atoms in total. The molecule has 1 aromatic carbocycles. The average Bonchev–Trinajstić information content (AvgIpc) is 2.40. The summed E-state index contributed by atoms with van der Waals surface area (Å²) in [6.45, 7) is 5.49. The highest BCUT2D eigenvalue weighted by molar-refractivity contribution is 5.21. The van der Waals surface area contributed by atoms with Crippen LogP contribution >= 0.6 is 0 Å². The second-order valence-electron chi connectivity index (χ2n) is 5.51. The van der Waals surface area contributed by atoms with Crippen molar-refractivity contribution in [3.63, 3.8) is 0 Å². The summed E-state index contributed by atoms with van der Waals surface area (Å²) in [5, 5.41) is 10.1. The number of likely N-dealkylation sites (tertiary alicyclic amines) is 1. The van der Waals surface area contributed by atoms with Gasteiger partial charge in [0.1, 0.15) is 0 Å². The van der Waals surface area contributed by atoms with E-state index in [2.05, 4.69) is 36.1 Å². The Bertz CT molecular complexity index is 367. The molecule has 0 aromatic heterocycles. The number of rotatable bonds is 4. The third-order valence-corrected chi connectivity index (χ3v) is 4.00. The summed E-state index contributed by atoms with van der Waals surface area (Å²) in [6.07, 6.45) is 2.69. The van der Waals surface area contributed by atoms with Crippen LogP contribution in [0.25, 0.3) is 0 Å². The van der Waals surface area contributed by atoms with Crippen LogP contribution in [0.5, 0.6) is 0 Å². The van der Waals surface area contributed by atoms with Crippen molar-refractivity contribution >= 4 is 0 Å². The number of hydrogen-bond acceptors (Lipinski definition) is 3. The van der Waals surface area contributed by atoms with Gasteiger partial charge in [-0.2, -0.15) is 0 Å². The Morgan fingerprint density at radius 1 is 1.22 bits per heavy atom. The molecule has 3 N–H and O–H groups in total. The predicted molar refractivity (Wildman–Crippen MR) is 74.6 cm³/mol. The van der Waals surface area contributed by atoms with E-state index in [0.29, 0.717) is 6.54 Å². The second-order valence-corrected chi connectivity index (χ2v) is 5.51. The van der Waals surface area contributed by atoms with Crippen molar-refractivity contribution in [2.24, 2.45) is 5.73 Å². The lowest BCUT2D eigenvalue weighted by molar-refractivity contribution is -0.0130. The van der Waals surface area contributed by atoms with E-state index >= 15 is 0 Å². The Labute approximate surface area is 110 Å². The van der Waals surface area contributed by atoms with Crippen molar-refractivity contribution in [2.45, 2.75) is 31.8 Å². The van der Waals surface area contributed by atoms with Crippen molar-refractivity contribution in [1.82, 2.24) is 4.90 Å². The minimum absolute atomic E-state index is 0.388. The number of piperidine rings is 1. The molecule has 0 aliphatic carbocycles. The summed E-state index contributed by atoms with van der Waals surface area (Å²) in [4.78, 5) is 2.42. The summed E-state index contributed by atoms with van der Waals surface area (Å²) in [5.41, 5.74) is 7.68. The molecule has 0 spiro atoms. The van der Waals surface area contributed by atoms with E-state index in [1.54, 1.807) is 0 Å². The molecule has 0 atom stereocenters. The smallest absolute Gasteiger partial charge is 0.0793 e. The summed E-state index contributed by atoms with van der Waals surface area (Å²) in [5.74, 6) is 0. The maximum atomic E-state index is 10.1. The molecule has 0 saturated carbocycles. The van der Waals surface area contributed by atoms with Crippen LogP contribution in [0.3, 0.4) is 0 Å². The molecule has 1 fully saturated rings. The minimum Gasteiger partial charge on any atom is -0.388 e. The highest BCUT2D eigenvalue weighted by Crippen LogP contribution is 2.20.